The van der Waals surface area contributed by atoms with Gasteiger partial charge in [0.2, 0.25) is 0 Å². The summed E-state index contributed by atoms with van der Waals surface area (Å²) in [7, 11) is 2.13. The maximum absolute atomic E-state index is 9.66. The van der Waals surface area contributed by atoms with Gasteiger partial charge in [-0.1, -0.05) is 12.8 Å². The molecule has 0 unspecified atom stereocenters. The first kappa shape index (κ1) is 17.4. The molecule has 3 aliphatic rings. The molecule has 2 aliphatic heterocycles. The maximum atomic E-state index is 9.66. The summed E-state index contributed by atoms with van der Waals surface area (Å²) < 4.78 is 2.24. The van der Waals surface area contributed by atoms with E-state index >= 15 is 0 Å². The van der Waals surface area contributed by atoms with Gasteiger partial charge in [0.15, 0.2) is 0 Å². The second-order valence-corrected chi connectivity index (χ2v) is 8.29. The van der Waals surface area contributed by atoms with Crippen molar-refractivity contribution in [2.75, 3.05) is 26.2 Å². The number of hydrogen-bond acceptors (Lipinski definition) is 5. The zero-order chi connectivity index (χ0) is 17.2. The summed E-state index contributed by atoms with van der Waals surface area (Å²) in [5.74, 6) is 2.81. The molecule has 3 fully saturated rings. The second-order valence-electron chi connectivity index (χ2n) is 8.29. The van der Waals surface area contributed by atoms with E-state index in [1.165, 1.54) is 57.4 Å². The topological polar surface area (TPSA) is 57.4 Å². The predicted octanol–water partition coefficient (Wildman–Crippen LogP) is 1.89. The molecule has 6 nitrogen and oxygen atoms in total. The molecule has 0 atom stereocenters. The van der Waals surface area contributed by atoms with Crippen LogP contribution in [0.25, 0.3) is 0 Å². The van der Waals surface area contributed by atoms with E-state index in [2.05, 4.69) is 31.6 Å². The lowest BCUT2D eigenvalue weighted by molar-refractivity contribution is 0.0775. The molecule has 1 saturated carbocycles. The van der Waals surface area contributed by atoms with Crippen molar-refractivity contribution in [1.29, 1.82) is 0 Å². The van der Waals surface area contributed by atoms with Crippen LogP contribution in [-0.2, 0) is 13.6 Å². The summed E-state index contributed by atoms with van der Waals surface area (Å²) in [5.41, 5.74) is 0. The summed E-state index contributed by atoms with van der Waals surface area (Å²) in [4.78, 5) is 5.11. The minimum absolute atomic E-state index is 0.114. The number of rotatable bonds is 4. The third-order valence-corrected chi connectivity index (χ3v) is 6.66. The molecule has 0 bridgehead atoms. The smallest absolute Gasteiger partial charge is 0.146 e. The molecule has 6 heteroatoms. The van der Waals surface area contributed by atoms with Crippen LogP contribution in [0.4, 0.5) is 0 Å². The van der Waals surface area contributed by atoms with Crippen molar-refractivity contribution in [1.82, 2.24) is 24.6 Å². The molecule has 140 valence electrons. The van der Waals surface area contributed by atoms with Crippen molar-refractivity contribution in [2.24, 2.45) is 7.05 Å². The average molecular weight is 348 g/mol. The van der Waals surface area contributed by atoms with E-state index in [0.29, 0.717) is 5.92 Å². The van der Waals surface area contributed by atoms with Crippen LogP contribution in [0.3, 0.4) is 0 Å². The number of hydrogen-bond donors (Lipinski definition) is 1. The number of aromatic nitrogens is 3. The van der Waals surface area contributed by atoms with E-state index in [1.54, 1.807) is 0 Å². The normalized spacial score (nSPS) is 25.8. The van der Waals surface area contributed by atoms with E-state index in [0.717, 1.165) is 44.3 Å². The molecule has 2 saturated heterocycles. The first-order valence-corrected chi connectivity index (χ1v) is 10.2. The first-order chi connectivity index (χ1) is 12.2. The summed E-state index contributed by atoms with van der Waals surface area (Å²) in [6.45, 7) is 5.23. The lowest BCUT2D eigenvalue weighted by Gasteiger charge is -2.35. The fraction of sp³-hybridized carbons (Fsp3) is 0.895. The van der Waals surface area contributed by atoms with Crippen LogP contribution in [0, 0.1) is 0 Å². The summed E-state index contributed by atoms with van der Waals surface area (Å²) in [6.07, 6.45) is 9.74. The molecule has 1 aliphatic carbocycles. The lowest BCUT2D eigenvalue weighted by Crippen LogP contribution is -2.40. The quantitative estimate of drug-likeness (QED) is 0.901. The van der Waals surface area contributed by atoms with E-state index < -0.39 is 0 Å². The minimum Gasteiger partial charge on any atom is -0.393 e. The Morgan fingerprint density at radius 1 is 0.920 bits per heavy atom. The molecule has 0 amide bonds. The molecular weight excluding hydrogens is 314 g/mol. The van der Waals surface area contributed by atoms with Crippen molar-refractivity contribution >= 4 is 0 Å². The van der Waals surface area contributed by atoms with Gasteiger partial charge < -0.3 is 14.6 Å². The highest BCUT2D eigenvalue weighted by molar-refractivity contribution is 5.04. The Bertz CT molecular complexity index is 552. The van der Waals surface area contributed by atoms with Crippen LogP contribution in [-0.4, -0.2) is 68.0 Å². The highest BCUT2D eigenvalue weighted by Crippen LogP contribution is 2.31. The highest BCUT2D eigenvalue weighted by Gasteiger charge is 2.30. The van der Waals surface area contributed by atoms with E-state index in [-0.39, 0.29) is 6.10 Å². The molecular formula is C19H33N5O. The van der Waals surface area contributed by atoms with Crippen molar-refractivity contribution in [2.45, 2.75) is 76.0 Å². The Kier molecular flexibility index (Phi) is 5.39. The fourth-order valence-electron chi connectivity index (χ4n) is 4.94. The van der Waals surface area contributed by atoms with Gasteiger partial charge >= 0.3 is 0 Å². The second kappa shape index (κ2) is 7.72. The van der Waals surface area contributed by atoms with Crippen LogP contribution in [0.2, 0.25) is 0 Å². The SMILES string of the molecule is Cn1c(CN2CCC(O)CC2)nnc1C1CCN(C2CCCC2)CC1. The van der Waals surface area contributed by atoms with Crippen LogP contribution in [0.15, 0.2) is 0 Å². The van der Waals surface area contributed by atoms with Gasteiger partial charge in [-0.15, -0.1) is 10.2 Å². The maximum Gasteiger partial charge on any atom is 0.146 e. The molecule has 0 radical (unpaired) electrons. The Labute approximate surface area is 151 Å². The Morgan fingerprint density at radius 3 is 2.28 bits per heavy atom. The van der Waals surface area contributed by atoms with Gasteiger partial charge in [0.05, 0.1) is 12.6 Å². The van der Waals surface area contributed by atoms with Crippen LogP contribution < -0.4 is 0 Å². The molecule has 1 N–H and O–H groups in total. The molecule has 0 aromatic carbocycles. The fourth-order valence-corrected chi connectivity index (χ4v) is 4.94. The molecule has 1 aromatic rings. The molecule has 0 spiro atoms. The third kappa shape index (κ3) is 3.91. The molecule has 1 aromatic heterocycles. The summed E-state index contributed by atoms with van der Waals surface area (Å²) in [5, 5.41) is 18.7. The van der Waals surface area contributed by atoms with Crippen molar-refractivity contribution in [3.63, 3.8) is 0 Å². The summed E-state index contributed by atoms with van der Waals surface area (Å²) in [6, 6.07) is 0.852. The number of aliphatic hydroxyl groups is 1. The van der Waals surface area contributed by atoms with E-state index in [1.807, 2.05) is 0 Å². The van der Waals surface area contributed by atoms with Crippen LogP contribution in [0.5, 0.6) is 0 Å². The minimum atomic E-state index is -0.114. The Balaban J connectivity index is 1.33. The average Bonchev–Trinajstić information content (AvgIpc) is 3.28. The van der Waals surface area contributed by atoms with Gasteiger partial charge in [0, 0.05) is 32.1 Å². The number of likely N-dealkylation sites (tertiary alicyclic amines) is 2. The van der Waals surface area contributed by atoms with E-state index in [9.17, 15) is 5.11 Å². The van der Waals surface area contributed by atoms with Crippen LogP contribution in [0.1, 0.15) is 68.9 Å². The molecule has 25 heavy (non-hydrogen) atoms. The zero-order valence-corrected chi connectivity index (χ0v) is 15.6. The number of piperidine rings is 2. The first-order valence-electron chi connectivity index (χ1n) is 10.2. The highest BCUT2D eigenvalue weighted by atomic mass is 16.3. The standard InChI is InChI=1S/C19H33N5O/c1-22-18(14-23-10-8-17(25)9-11-23)20-21-19(22)15-6-12-24(13-7-15)16-4-2-3-5-16/h15-17,25H,2-14H2,1H3. The van der Waals surface area contributed by atoms with Crippen LogP contribution >= 0.6 is 0 Å². The van der Waals surface area contributed by atoms with Crippen molar-refractivity contribution in [3.05, 3.63) is 11.6 Å². The van der Waals surface area contributed by atoms with Gasteiger partial charge in [-0.2, -0.15) is 0 Å². The van der Waals surface area contributed by atoms with Gasteiger partial charge in [-0.3, -0.25) is 4.90 Å². The lowest BCUT2D eigenvalue weighted by atomic mass is 9.94. The van der Waals surface area contributed by atoms with Crippen molar-refractivity contribution < 1.29 is 5.11 Å². The number of aliphatic hydroxyl groups excluding tert-OH is 1. The monoisotopic (exact) mass is 347 g/mol. The van der Waals surface area contributed by atoms with E-state index in [4.69, 9.17) is 0 Å². The Hall–Kier alpha value is -0.980. The van der Waals surface area contributed by atoms with Gasteiger partial charge in [-0.05, 0) is 51.6 Å². The largest absolute Gasteiger partial charge is 0.393 e. The molecule has 3 heterocycles. The van der Waals surface area contributed by atoms with Gasteiger partial charge in [-0.25, -0.2) is 0 Å². The van der Waals surface area contributed by atoms with Crippen molar-refractivity contribution in [3.8, 4) is 0 Å². The van der Waals surface area contributed by atoms with Gasteiger partial charge in [0.25, 0.3) is 0 Å². The zero-order valence-electron chi connectivity index (χ0n) is 15.6. The Morgan fingerprint density at radius 2 is 1.60 bits per heavy atom. The number of nitrogens with zero attached hydrogens (tertiary/aromatic N) is 5. The third-order valence-electron chi connectivity index (χ3n) is 6.66. The summed E-state index contributed by atoms with van der Waals surface area (Å²) >= 11 is 0. The molecule has 4 rings (SSSR count). The predicted molar refractivity (Wildman–Crippen MR) is 97.3 cm³/mol. The van der Waals surface area contributed by atoms with Gasteiger partial charge in [0.1, 0.15) is 11.6 Å².